The molecule has 1 rings (SSSR count). The van der Waals surface area contributed by atoms with Crippen LogP contribution in [0.25, 0.3) is 0 Å². The van der Waals surface area contributed by atoms with Crippen molar-refractivity contribution in [1.82, 2.24) is 0 Å². The molecule has 0 amide bonds. The van der Waals surface area contributed by atoms with E-state index in [-0.39, 0.29) is 0 Å². The maximum atomic E-state index is 5.69. The number of nitrogens with zero attached hydrogens (tertiary/aromatic N) is 1. The minimum Gasteiger partial charge on any atom is -0.386 e. The molecule has 0 heterocycles. The van der Waals surface area contributed by atoms with Crippen LogP contribution in [0.3, 0.4) is 0 Å². The first-order valence-corrected chi connectivity index (χ1v) is 3.87. The average molecular weight is 184 g/mol. The quantitative estimate of drug-likeness (QED) is 0.419. The molecule has 0 saturated carbocycles. The molecule has 1 aromatic carbocycles. The predicted octanol–water partition coefficient (Wildman–Crippen LogP) is 2.04. The molecular weight excluding hydrogens is 174 g/mol. The van der Waals surface area contributed by atoms with E-state index in [0.717, 1.165) is 5.69 Å². The summed E-state index contributed by atoms with van der Waals surface area (Å²) in [5.74, 6) is 0.491. The van der Waals surface area contributed by atoms with Gasteiger partial charge in [0.1, 0.15) is 5.84 Å². The molecule has 0 aliphatic rings. The van der Waals surface area contributed by atoms with Crippen LogP contribution in [0, 0.1) is 0 Å². The number of amidine groups is 1. The zero-order valence-corrected chi connectivity index (χ0v) is 7.47. The summed E-state index contributed by atoms with van der Waals surface area (Å²) in [7, 11) is 0. The van der Waals surface area contributed by atoms with Gasteiger partial charge in [-0.1, -0.05) is 11.6 Å². The Kier molecular flexibility index (Phi) is 2.94. The van der Waals surface area contributed by atoms with Crippen LogP contribution in [-0.2, 0) is 0 Å². The molecule has 0 radical (unpaired) electrons. The van der Waals surface area contributed by atoms with Crippen LogP contribution in [0.5, 0.6) is 0 Å². The fourth-order valence-electron chi connectivity index (χ4n) is 0.677. The normalized spacial score (nSPS) is 11.3. The lowest BCUT2D eigenvalue weighted by Crippen LogP contribution is -2.07. The van der Waals surface area contributed by atoms with E-state index in [2.05, 4.69) is 10.5 Å². The Bertz CT molecular complexity index is 275. The number of rotatable bonds is 2. The Morgan fingerprint density at radius 3 is 2.50 bits per heavy atom. The number of hydrogen-bond donors (Lipinski definition) is 2. The van der Waals surface area contributed by atoms with Crippen LogP contribution in [0.2, 0.25) is 5.02 Å². The van der Waals surface area contributed by atoms with E-state index < -0.39 is 0 Å². The van der Waals surface area contributed by atoms with Crippen molar-refractivity contribution in [2.75, 3.05) is 5.43 Å². The van der Waals surface area contributed by atoms with Gasteiger partial charge in [0.05, 0.1) is 5.69 Å². The van der Waals surface area contributed by atoms with Crippen LogP contribution in [0.15, 0.2) is 29.4 Å². The first kappa shape index (κ1) is 8.87. The predicted molar refractivity (Wildman–Crippen MR) is 52.4 cm³/mol. The van der Waals surface area contributed by atoms with Gasteiger partial charge in [0.2, 0.25) is 0 Å². The van der Waals surface area contributed by atoms with Crippen molar-refractivity contribution < 1.29 is 0 Å². The molecule has 3 nitrogen and oxygen atoms in total. The molecule has 0 fully saturated rings. The lowest BCUT2D eigenvalue weighted by molar-refractivity contribution is 1.30. The third kappa shape index (κ3) is 2.80. The van der Waals surface area contributed by atoms with Crippen molar-refractivity contribution in [3.8, 4) is 0 Å². The molecule has 0 aromatic heterocycles. The van der Waals surface area contributed by atoms with Gasteiger partial charge >= 0.3 is 0 Å². The molecule has 0 aliphatic carbocycles. The molecule has 0 bridgehead atoms. The third-order valence-electron chi connectivity index (χ3n) is 1.21. The van der Waals surface area contributed by atoms with Crippen LogP contribution in [0.1, 0.15) is 6.92 Å². The van der Waals surface area contributed by atoms with Gasteiger partial charge in [-0.15, -0.1) is 0 Å². The highest BCUT2D eigenvalue weighted by molar-refractivity contribution is 6.30. The summed E-state index contributed by atoms with van der Waals surface area (Å²) in [6.45, 7) is 1.71. The van der Waals surface area contributed by atoms with E-state index in [1.807, 2.05) is 12.1 Å². The maximum absolute atomic E-state index is 5.69. The number of halogens is 1. The van der Waals surface area contributed by atoms with Crippen molar-refractivity contribution in [1.29, 1.82) is 0 Å². The molecule has 0 aliphatic heterocycles. The van der Waals surface area contributed by atoms with Crippen molar-refractivity contribution >= 4 is 23.1 Å². The van der Waals surface area contributed by atoms with Crippen LogP contribution in [-0.4, -0.2) is 5.84 Å². The third-order valence-corrected chi connectivity index (χ3v) is 1.46. The molecule has 0 saturated heterocycles. The van der Waals surface area contributed by atoms with Crippen molar-refractivity contribution in [2.24, 2.45) is 10.8 Å². The van der Waals surface area contributed by atoms with E-state index in [4.69, 9.17) is 17.3 Å². The Morgan fingerprint density at radius 1 is 1.42 bits per heavy atom. The van der Waals surface area contributed by atoms with Crippen molar-refractivity contribution in [3.05, 3.63) is 29.3 Å². The summed E-state index contributed by atoms with van der Waals surface area (Å²) in [6, 6.07) is 7.22. The Morgan fingerprint density at radius 2 is 2.00 bits per heavy atom. The highest BCUT2D eigenvalue weighted by atomic mass is 35.5. The van der Waals surface area contributed by atoms with Gasteiger partial charge in [0, 0.05) is 5.02 Å². The lowest BCUT2D eigenvalue weighted by atomic mass is 10.3. The molecule has 12 heavy (non-hydrogen) atoms. The van der Waals surface area contributed by atoms with E-state index in [1.54, 1.807) is 19.1 Å². The minimum absolute atomic E-state index is 0.491. The SMILES string of the molecule is C/C(N)=N/Nc1ccc(Cl)cc1. The maximum Gasteiger partial charge on any atom is 0.116 e. The number of hydrogen-bond acceptors (Lipinski definition) is 2. The molecular formula is C8H10ClN3. The standard InChI is InChI=1S/C8H10ClN3/c1-6(10)11-12-8-4-2-7(9)3-5-8/h2-5,12H,1H3,(H2,10,11). The molecule has 1 aromatic rings. The largest absolute Gasteiger partial charge is 0.386 e. The van der Waals surface area contributed by atoms with Crippen LogP contribution in [0.4, 0.5) is 5.69 Å². The van der Waals surface area contributed by atoms with E-state index in [9.17, 15) is 0 Å². The fourth-order valence-corrected chi connectivity index (χ4v) is 0.803. The molecule has 0 atom stereocenters. The number of hydrazone groups is 1. The second-order valence-corrected chi connectivity index (χ2v) is 2.81. The van der Waals surface area contributed by atoms with E-state index in [0.29, 0.717) is 10.9 Å². The molecule has 3 N–H and O–H groups in total. The van der Waals surface area contributed by atoms with E-state index in [1.165, 1.54) is 0 Å². The van der Waals surface area contributed by atoms with Crippen LogP contribution < -0.4 is 11.2 Å². The smallest absolute Gasteiger partial charge is 0.116 e. The van der Waals surface area contributed by atoms with Crippen molar-refractivity contribution in [3.63, 3.8) is 0 Å². The second kappa shape index (κ2) is 3.97. The van der Waals surface area contributed by atoms with E-state index >= 15 is 0 Å². The molecule has 0 spiro atoms. The van der Waals surface area contributed by atoms with Gasteiger partial charge in [-0.2, -0.15) is 5.10 Å². The Balaban J connectivity index is 2.65. The summed E-state index contributed by atoms with van der Waals surface area (Å²) >= 11 is 5.69. The van der Waals surface area contributed by atoms with Gasteiger partial charge in [0.25, 0.3) is 0 Å². The second-order valence-electron chi connectivity index (χ2n) is 2.37. The fraction of sp³-hybridized carbons (Fsp3) is 0.125. The summed E-state index contributed by atoms with van der Waals surface area (Å²) in [5, 5.41) is 4.53. The zero-order valence-electron chi connectivity index (χ0n) is 6.71. The van der Waals surface area contributed by atoms with Gasteiger partial charge < -0.3 is 5.73 Å². The minimum atomic E-state index is 0.491. The summed E-state index contributed by atoms with van der Waals surface area (Å²) in [5.41, 5.74) is 8.97. The molecule has 64 valence electrons. The Hall–Kier alpha value is -1.22. The summed E-state index contributed by atoms with van der Waals surface area (Å²) in [4.78, 5) is 0. The van der Waals surface area contributed by atoms with Gasteiger partial charge in [-0.05, 0) is 31.2 Å². The highest BCUT2D eigenvalue weighted by Crippen LogP contribution is 2.12. The number of benzene rings is 1. The first-order valence-electron chi connectivity index (χ1n) is 3.50. The first-order chi connectivity index (χ1) is 5.68. The van der Waals surface area contributed by atoms with Gasteiger partial charge in [0.15, 0.2) is 0 Å². The molecule has 0 unspecified atom stereocenters. The lowest BCUT2D eigenvalue weighted by Gasteiger charge is -1.99. The van der Waals surface area contributed by atoms with Gasteiger partial charge in [-0.25, -0.2) is 0 Å². The van der Waals surface area contributed by atoms with Gasteiger partial charge in [-0.3, -0.25) is 5.43 Å². The highest BCUT2D eigenvalue weighted by Gasteiger charge is 1.88. The molecule has 4 heteroatoms. The van der Waals surface area contributed by atoms with Crippen molar-refractivity contribution in [2.45, 2.75) is 6.92 Å². The van der Waals surface area contributed by atoms with Crippen LogP contribution >= 0.6 is 11.6 Å². The summed E-state index contributed by atoms with van der Waals surface area (Å²) < 4.78 is 0. The summed E-state index contributed by atoms with van der Waals surface area (Å²) in [6.07, 6.45) is 0. The average Bonchev–Trinajstić information content (AvgIpc) is 2.03. The number of anilines is 1. The number of nitrogens with two attached hydrogens (primary N) is 1. The Labute approximate surface area is 76.2 Å². The number of nitrogens with one attached hydrogen (secondary N) is 1. The topological polar surface area (TPSA) is 50.4 Å². The zero-order chi connectivity index (χ0) is 8.97. The monoisotopic (exact) mass is 183 g/mol.